The van der Waals surface area contributed by atoms with Crippen molar-refractivity contribution in [3.8, 4) is 11.8 Å². The van der Waals surface area contributed by atoms with Gasteiger partial charge in [-0.25, -0.2) is 4.79 Å². The number of hydrogen-bond acceptors (Lipinski definition) is 3. The molecular weight excluding hydrogens is 156 g/mol. The number of hydrogen-bond donors (Lipinski definition) is 0. The van der Waals surface area contributed by atoms with Gasteiger partial charge in [0.1, 0.15) is 6.10 Å². The van der Waals surface area contributed by atoms with Crippen LogP contribution in [0.25, 0.3) is 0 Å². The van der Waals surface area contributed by atoms with Crippen LogP contribution in [0.15, 0.2) is 0 Å². The maximum absolute atomic E-state index is 10.6. The molecule has 12 heavy (non-hydrogen) atoms. The Morgan fingerprint density at radius 3 is 3.00 bits per heavy atom. The summed E-state index contributed by atoms with van der Waals surface area (Å²) in [6, 6.07) is 0. The molecule has 1 atom stereocenters. The fraction of sp³-hybridized carbons (Fsp3) is 0.667. The molecule has 0 radical (unpaired) electrons. The minimum Gasteiger partial charge on any atom is -0.459 e. The van der Waals surface area contributed by atoms with Gasteiger partial charge in [0.15, 0.2) is 0 Å². The van der Waals surface area contributed by atoms with Gasteiger partial charge in [0.05, 0.1) is 7.11 Å². The molecule has 0 aliphatic carbocycles. The van der Waals surface area contributed by atoms with Crippen molar-refractivity contribution < 1.29 is 14.3 Å². The molecule has 0 aromatic rings. The van der Waals surface area contributed by atoms with Crippen LogP contribution in [0.3, 0.4) is 0 Å². The molecule has 1 aliphatic heterocycles. The minimum atomic E-state index is -0.496. The van der Waals surface area contributed by atoms with Crippen molar-refractivity contribution in [3.63, 3.8) is 0 Å². The van der Waals surface area contributed by atoms with Gasteiger partial charge in [0, 0.05) is 12.5 Å². The van der Waals surface area contributed by atoms with Crippen molar-refractivity contribution >= 4 is 5.97 Å². The first-order valence-electron chi connectivity index (χ1n) is 4.04. The van der Waals surface area contributed by atoms with Gasteiger partial charge >= 0.3 is 5.97 Å². The van der Waals surface area contributed by atoms with Crippen molar-refractivity contribution in [2.45, 2.75) is 25.4 Å². The van der Waals surface area contributed by atoms with Gasteiger partial charge in [-0.15, -0.1) is 0 Å². The highest BCUT2D eigenvalue weighted by atomic mass is 16.5. The summed E-state index contributed by atoms with van der Waals surface area (Å²) in [6.07, 6.45) is 3.07. The normalized spacial score (nSPS) is 22.2. The molecule has 0 aromatic carbocycles. The van der Waals surface area contributed by atoms with Crippen molar-refractivity contribution in [2.75, 3.05) is 13.7 Å². The predicted molar refractivity (Wildman–Crippen MR) is 43.4 cm³/mol. The number of esters is 1. The molecule has 0 bridgehead atoms. The Balaban J connectivity index is 2.35. The molecule has 1 heterocycles. The molecule has 1 saturated heterocycles. The first-order chi connectivity index (χ1) is 5.83. The summed E-state index contributed by atoms with van der Waals surface area (Å²) >= 11 is 0. The second-order valence-electron chi connectivity index (χ2n) is 2.62. The van der Waals surface area contributed by atoms with E-state index in [4.69, 9.17) is 4.74 Å². The van der Waals surface area contributed by atoms with Gasteiger partial charge in [-0.3, -0.25) is 0 Å². The van der Waals surface area contributed by atoms with Gasteiger partial charge in [-0.1, -0.05) is 5.92 Å². The SMILES string of the molecule is COC(=O)C#CC1CCCCO1. The molecule has 1 aliphatic rings. The molecule has 1 fully saturated rings. The lowest BCUT2D eigenvalue weighted by Gasteiger charge is -2.16. The van der Waals surface area contributed by atoms with Crippen LogP contribution in [0.2, 0.25) is 0 Å². The van der Waals surface area contributed by atoms with E-state index in [0.717, 1.165) is 25.9 Å². The maximum atomic E-state index is 10.6. The Hall–Kier alpha value is -1.01. The number of carbonyl (C=O) groups is 1. The summed E-state index contributed by atoms with van der Waals surface area (Å²) in [4.78, 5) is 10.6. The lowest BCUT2D eigenvalue weighted by molar-refractivity contribution is -0.133. The van der Waals surface area contributed by atoms with Crippen LogP contribution < -0.4 is 0 Å². The highest BCUT2D eigenvalue weighted by Crippen LogP contribution is 2.11. The van der Waals surface area contributed by atoms with Crippen molar-refractivity contribution in [3.05, 3.63) is 0 Å². The van der Waals surface area contributed by atoms with Gasteiger partial charge in [0.2, 0.25) is 0 Å². The second kappa shape index (κ2) is 4.78. The van der Waals surface area contributed by atoms with Crippen LogP contribution in [-0.4, -0.2) is 25.8 Å². The molecule has 66 valence electrons. The number of rotatable bonds is 0. The minimum absolute atomic E-state index is 0.0714. The Bertz CT molecular complexity index is 206. The van der Waals surface area contributed by atoms with Crippen molar-refractivity contribution in [1.82, 2.24) is 0 Å². The van der Waals surface area contributed by atoms with Crippen LogP contribution in [0.4, 0.5) is 0 Å². The lowest BCUT2D eigenvalue weighted by Crippen LogP contribution is -2.17. The third-order valence-corrected chi connectivity index (χ3v) is 1.70. The van der Waals surface area contributed by atoms with E-state index in [1.54, 1.807) is 0 Å². The third-order valence-electron chi connectivity index (χ3n) is 1.70. The Kier molecular flexibility index (Phi) is 3.62. The van der Waals surface area contributed by atoms with E-state index in [-0.39, 0.29) is 6.10 Å². The van der Waals surface area contributed by atoms with Crippen molar-refractivity contribution in [2.24, 2.45) is 0 Å². The quantitative estimate of drug-likeness (QED) is 0.304. The Morgan fingerprint density at radius 1 is 1.58 bits per heavy atom. The summed E-state index contributed by atoms with van der Waals surface area (Å²) in [7, 11) is 1.32. The van der Waals surface area contributed by atoms with Crippen LogP contribution >= 0.6 is 0 Å². The average Bonchev–Trinajstić information content (AvgIpc) is 2.16. The lowest BCUT2D eigenvalue weighted by atomic mass is 10.1. The highest BCUT2D eigenvalue weighted by molar-refractivity contribution is 5.88. The molecule has 1 unspecified atom stereocenters. The van der Waals surface area contributed by atoms with E-state index in [1.807, 2.05) is 0 Å². The van der Waals surface area contributed by atoms with Gasteiger partial charge < -0.3 is 9.47 Å². The second-order valence-corrected chi connectivity index (χ2v) is 2.62. The standard InChI is InChI=1S/C9H12O3/c1-11-9(10)6-5-8-4-2-3-7-12-8/h8H,2-4,7H2,1H3. The molecular formula is C9H12O3. The Labute approximate surface area is 72.0 Å². The van der Waals surface area contributed by atoms with Crippen LogP contribution in [0.5, 0.6) is 0 Å². The predicted octanol–water partition coefficient (Wildman–Crippen LogP) is 0.732. The third kappa shape index (κ3) is 2.93. The van der Waals surface area contributed by atoms with E-state index in [0.29, 0.717) is 0 Å². The van der Waals surface area contributed by atoms with E-state index < -0.39 is 5.97 Å². The Morgan fingerprint density at radius 2 is 2.42 bits per heavy atom. The smallest absolute Gasteiger partial charge is 0.384 e. The van der Waals surface area contributed by atoms with E-state index in [9.17, 15) is 4.79 Å². The average molecular weight is 168 g/mol. The summed E-state index contributed by atoms with van der Waals surface area (Å²) in [6.45, 7) is 0.751. The summed E-state index contributed by atoms with van der Waals surface area (Å²) in [5, 5.41) is 0. The zero-order chi connectivity index (χ0) is 8.81. The van der Waals surface area contributed by atoms with E-state index >= 15 is 0 Å². The van der Waals surface area contributed by atoms with E-state index in [2.05, 4.69) is 16.6 Å². The van der Waals surface area contributed by atoms with Crippen LogP contribution in [0, 0.1) is 11.8 Å². The fourth-order valence-corrected chi connectivity index (χ4v) is 1.05. The molecule has 0 aromatic heterocycles. The van der Waals surface area contributed by atoms with Crippen LogP contribution in [-0.2, 0) is 14.3 Å². The molecule has 0 N–H and O–H groups in total. The molecule has 0 spiro atoms. The molecule has 3 nitrogen and oxygen atoms in total. The molecule has 0 amide bonds. The monoisotopic (exact) mass is 168 g/mol. The molecule has 3 heteroatoms. The van der Waals surface area contributed by atoms with Gasteiger partial charge in [0.25, 0.3) is 0 Å². The summed E-state index contributed by atoms with van der Waals surface area (Å²) < 4.78 is 9.66. The van der Waals surface area contributed by atoms with Gasteiger partial charge in [-0.2, -0.15) is 0 Å². The van der Waals surface area contributed by atoms with E-state index in [1.165, 1.54) is 7.11 Å². The zero-order valence-electron chi connectivity index (χ0n) is 7.13. The first kappa shape index (κ1) is 9.08. The zero-order valence-corrected chi connectivity index (χ0v) is 7.13. The highest BCUT2D eigenvalue weighted by Gasteiger charge is 2.10. The largest absolute Gasteiger partial charge is 0.459 e. The molecule has 0 saturated carbocycles. The fourth-order valence-electron chi connectivity index (χ4n) is 1.05. The van der Waals surface area contributed by atoms with Crippen molar-refractivity contribution in [1.29, 1.82) is 0 Å². The number of methoxy groups -OCH3 is 1. The first-order valence-corrected chi connectivity index (χ1v) is 4.04. The number of ether oxygens (including phenoxy) is 2. The summed E-state index contributed by atoms with van der Waals surface area (Å²) in [5.74, 6) is 4.60. The van der Waals surface area contributed by atoms with Crippen LogP contribution in [0.1, 0.15) is 19.3 Å². The number of carbonyl (C=O) groups excluding carboxylic acids is 1. The molecule has 1 rings (SSSR count). The van der Waals surface area contributed by atoms with Gasteiger partial charge in [-0.05, 0) is 19.3 Å². The summed E-state index contributed by atoms with van der Waals surface area (Å²) in [5.41, 5.74) is 0. The maximum Gasteiger partial charge on any atom is 0.384 e. The topological polar surface area (TPSA) is 35.5 Å².